The minimum atomic E-state index is -3.23. The zero-order valence-electron chi connectivity index (χ0n) is 12.0. The lowest BCUT2D eigenvalue weighted by Crippen LogP contribution is -2.28. The molecule has 0 bridgehead atoms. The average Bonchev–Trinajstić information content (AvgIpc) is 3.26. The second kappa shape index (κ2) is 6.91. The van der Waals surface area contributed by atoms with Crippen molar-refractivity contribution in [3.8, 4) is 0 Å². The normalized spacial score (nSPS) is 14.7. The van der Waals surface area contributed by atoms with Gasteiger partial charge in [-0.15, -0.1) is 0 Å². The van der Waals surface area contributed by atoms with E-state index in [4.69, 9.17) is 4.74 Å². The first-order valence-electron chi connectivity index (χ1n) is 6.87. The highest BCUT2D eigenvalue weighted by atomic mass is 32.2. The summed E-state index contributed by atoms with van der Waals surface area (Å²) in [6.45, 7) is 0.961. The van der Waals surface area contributed by atoms with Crippen molar-refractivity contribution in [2.75, 3.05) is 25.0 Å². The van der Waals surface area contributed by atoms with E-state index in [9.17, 15) is 13.2 Å². The third-order valence-electron chi connectivity index (χ3n) is 3.17. The van der Waals surface area contributed by atoms with Crippen LogP contribution in [0.5, 0.6) is 0 Å². The van der Waals surface area contributed by atoms with E-state index < -0.39 is 10.0 Å². The van der Waals surface area contributed by atoms with Gasteiger partial charge in [0.05, 0.1) is 18.3 Å². The number of carbonyl (C=O) groups excluding carboxylic acids is 1. The maximum Gasteiger partial charge on any atom is 0.235 e. The minimum Gasteiger partial charge on any atom is -0.383 e. The molecule has 0 aliphatic heterocycles. The molecular weight excluding hydrogens is 292 g/mol. The summed E-state index contributed by atoms with van der Waals surface area (Å²) < 4.78 is 31.0. The van der Waals surface area contributed by atoms with E-state index in [-0.39, 0.29) is 17.6 Å². The fraction of sp³-hybridized carbons (Fsp3) is 0.500. The SMILES string of the molecule is COCCNC(=O)Cc1ccc(NS(=O)(=O)C2CC2)cc1. The van der Waals surface area contributed by atoms with Gasteiger partial charge in [0.25, 0.3) is 0 Å². The van der Waals surface area contributed by atoms with Crippen LogP contribution in [0.25, 0.3) is 0 Å². The summed E-state index contributed by atoms with van der Waals surface area (Å²) in [4.78, 5) is 11.6. The topological polar surface area (TPSA) is 84.5 Å². The number of hydrogen-bond acceptors (Lipinski definition) is 4. The Hall–Kier alpha value is -1.60. The average molecular weight is 312 g/mol. The molecule has 7 heteroatoms. The van der Waals surface area contributed by atoms with Gasteiger partial charge in [0.1, 0.15) is 0 Å². The van der Waals surface area contributed by atoms with Crippen LogP contribution in [0.4, 0.5) is 5.69 Å². The number of hydrogen-bond donors (Lipinski definition) is 2. The van der Waals surface area contributed by atoms with Crippen LogP contribution in [0.2, 0.25) is 0 Å². The van der Waals surface area contributed by atoms with Crippen LogP contribution < -0.4 is 10.0 Å². The van der Waals surface area contributed by atoms with Crippen molar-refractivity contribution in [2.45, 2.75) is 24.5 Å². The van der Waals surface area contributed by atoms with Crippen LogP contribution in [0, 0.1) is 0 Å². The Balaban J connectivity index is 1.85. The summed E-state index contributed by atoms with van der Waals surface area (Å²) in [7, 11) is -1.66. The summed E-state index contributed by atoms with van der Waals surface area (Å²) in [5, 5.41) is 2.49. The van der Waals surface area contributed by atoms with Gasteiger partial charge >= 0.3 is 0 Å². The molecule has 0 radical (unpaired) electrons. The Morgan fingerprint density at radius 2 is 1.95 bits per heavy atom. The van der Waals surface area contributed by atoms with E-state index in [0.717, 1.165) is 18.4 Å². The molecule has 1 aromatic carbocycles. The number of rotatable bonds is 8. The first-order valence-corrected chi connectivity index (χ1v) is 8.42. The van der Waals surface area contributed by atoms with Crippen LogP contribution in [0.1, 0.15) is 18.4 Å². The number of nitrogens with one attached hydrogen (secondary N) is 2. The molecule has 0 saturated heterocycles. The third kappa shape index (κ3) is 5.02. The highest BCUT2D eigenvalue weighted by Crippen LogP contribution is 2.29. The van der Waals surface area contributed by atoms with E-state index in [2.05, 4.69) is 10.0 Å². The van der Waals surface area contributed by atoms with Gasteiger partial charge in [0.2, 0.25) is 15.9 Å². The fourth-order valence-corrected chi connectivity index (χ4v) is 3.24. The zero-order valence-corrected chi connectivity index (χ0v) is 12.8. The summed E-state index contributed by atoms with van der Waals surface area (Å²) in [5.74, 6) is -0.0849. The third-order valence-corrected chi connectivity index (χ3v) is 5.04. The number of carbonyl (C=O) groups is 1. The molecule has 1 aromatic rings. The van der Waals surface area contributed by atoms with Crippen molar-refractivity contribution in [3.05, 3.63) is 29.8 Å². The molecule has 1 fully saturated rings. The molecule has 0 spiro atoms. The van der Waals surface area contributed by atoms with Gasteiger partial charge in [0, 0.05) is 19.3 Å². The van der Waals surface area contributed by atoms with Crippen LogP contribution in [0.3, 0.4) is 0 Å². The molecule has 0 atom stereocenters. The summed E-state index contributed by atoms with van der Waals surface area (Å²) in [6, 6.07) is 6.86. The number of anilines is 1. The lowest BCUT2D eigenvalue weighted by atomic mass is 10.1. The smallest absolute Gasteiger partial charge is 0.235 e. The number of ether oxygens (including phenoxy) is 1. The molecule has 1 aliphatic carbocycles. The van der Waals surface area contributed by atoms with Crippen molar-refractivity contribution in [1.82, 2.24) is 5.32 Å². The van der Waals surface area contributed by atoms with Crippen LogP contribution in [0.15, 0.2) is 24.3 Å². The largest absolute Gasteiger partial charge is 0.383 e. The van der Waals surface area contributed by atoms with Gasteiger partial charge in [-0.25, -0.2) is 8.42 Å². The maximum absolute atomic E-state index is 11.8. The highest BCUT2D eigenvalue weighted by molar-refractivity contribution is 7.93. The van der Waals surface area contributed by atoms with Gasteiger partial charge in [0.15, 0.2) is 0 Å². The predicted octanol–water partition coefficient (Wildman–Crippen LogP) is 0.896. The standard InChI is InChI=1S/C14H20N2O4S/c1-20-9-8-15-14(17)10-11-2-4-12(5-3-11)16-21(18,19)13-6-7-13/h2-5,13,16H,6-10H2,1H3,(H,15,17). The Bertz CT molecular complexity index is 579. The molecular formula is C14H20N2O4S. The fourth-order valence-electron chi connectivity index (χ4n) is 1.86. The maximum atomic E-state index is 11.8. The number of amides is 1. The number of sulfonamides is 1. The van der Waals surface area contributed by atoms with Crippen molar-refractivity contribution in [1.29, 1.82) is 0 Å². The molecule has 2 rings (SSSR count). The number of methoxy groups -OCH3 is 1. The van der Waals surface area contributed by atoms with E-state index in [1.807, 2.05) is 0 Å². The second-order valence-corrected chi connectivity index (χ2v) is 7.02. The number of benzene rings is 1. The van der Waals surface area contributed by atoms with E-state index in [1.54, 1.807) is 31.4 Å². The summed E-state index contributed by atoms with van der Waals surface area (Å²) in [5.41, 5.74) is 1.37. The quantitative estimate of drug-likeness (QED) is 0.698. The lowest BCUT2D eigenvalue weighted by Gasteiger charge is -2.08. The Kier molecular flexibility index (Phi) is 5.19. The molecule has 1 amide bonds. The molecule has 1 saturated carbocycles. The molecule has 116 valence electrons. The van der Waals surface area contributed by atoms with Gasteiger partial charge < -0.3 is 10.1 Å². The molecule has 21 heavy (non-hydrogen) atoms. The van der Waals surface area contributed by atoms with Crippen LogP contribution >= 0.6 is 0 Å². The van der Waals surface area contributed by atoms with Gasteiger partial charge in [-0.2, -0.15) is 0 Å². The van der Waals surface area contributed by atoms with Crippen LogP contribution in [-0.4, -0.2) is 39.8 Å². The molecule has 0 heterocycles. The first-order chi connectivity index (χ1) is 10.0. The monoisotopic (exact) mass is 312 g/mol. The van der Waals surface area contributed by atoms with E-state index >= 15 is 0 Å². The summed E-state index contributed by atoms with van der Waals surface area (Å²) in [6.07, 6.45) is 1.73. The van der Waals surface area contributed by atoms with Crippen molar-refractivity contribution in [3.63, 3.8) is 0 Å². The van der Waals surface area contributed by atoms with Crippen molar-refractivity contribution >= 4 is 21.6 Å². The van der Waals surface area contributed by atoms with Crippen molar-refractivity contribution < 1.29 is 17.9 Å². The van der Waals surface area contributed by atoms with Crippen LogP contribution in [-0.2, 0) is 26.0 Å². The molecule has 0 aromatic heterocycles. The zero-order chi connectivity index (χ0) is 15.3. The van der Waals surface area contributed by atoms with Gasteiger partial charge in [-0.3, -0.25) is 9.52 Å². The second-order valence-electron chi connectivity index (χ2n) is 5.06. The Labute approximate surface area is 124 Å². The molecule has 1 aliphatic rings. The molecule has 0 unspecified atom stereocenters. The van der Waals surface area contributed by atoms with Crippen molar-refractivity contribution in [2.24, 2.45) is 0 Å². The van der Waals surface area contributed by atoms with Gasteiger partial charge in [-0.05, 0) is 30.5 Å². The Morgan fingerprint density at radius 1 is 1.29 bits per heavy atom. The molecule has 2 N–H and O–H groups in total. The molecule has 6 nitrogen and oxygen atoms in total. The minimum absolute atomic E-state index is 0.0849. The summed E-state index contributed by atoms with van der Waals surface area (Å²) >= 11 is 0. The van der Waals surface area contributed by atoms with E-state index in [0.29, 0.717) is 18.8 Å². The van der Waals surface area contributed by atoms with E-state index in [1.165, 1.54) is 0 Å². The predicted molar refractivity (Wildman–Crippen MR) is 80.6 cm³/mol. The first kappa shape index (κ1) is 15.8. The Morgan fingerprint density at radius 3 is 2.52 bits per heavy atom. The van der Waals surface area contributed by atoms with Gasteiger partial charge in [-0.1, -0.05) is 12.1 Å². The highest BCUT2D eigenvalue weighted by Gasteiger charge is 2.35. The lowest BCUT2D eigenvalue weighted by molar-refractivity contribution is -0.120.